The van der Waals surface area contributed by atoms with Gasteiger partial charge in [-0.1, -0.05) is 38.1 Å². The highest BCUT2D eigenvalue weighted by Gasteiger charge is 2.07. The summed E-state index contributed by atoms with van der Waals surface area (Å²) in [5.41, 5.74) is 2.66. The molecule has 0 aliphatic carbocycles. The molecular formula is C16H27NO2. The maximum Gasteiger partial charge on any atom is 0.0616 e. The molecule has 0 saturated carbocycles. The number of methoxy groups -OCH3 is 1. The van der Waals surface area contributed by atoms with Gasteiger partial charge in [0.15, 0.2) is 0 Å². The lowest BCUT2D eigenvalue weighted by molar-refractivity contribution is 0.148. The molecule has 0 aliphatic heterocycles. The van der Waals surface area contributed by atoms with Crippen LogP contribution in [0.4, 0.5) is 0 Å². The summed E-state index contributed by atoms with van der Waals surface area (Å²) in [5, 5.41) is 12.4. The van der Waals surface area contributed by atoms with Gasteiger partial charge in [-0.25, -0.2) is 0 Å². The van der Waals surface area contributed by atoms with Crippen molar-refractivity contribution in [3.8, 4) is 0 Å². The van der Waals surface area contributed by atoms with Crippen LogP contribution in [-0.4, -0.2) is 31.5 Å². The molecule has 1 atom stereocenters. The van der Waals surface area contributed by atoms with E-state index >= 15 is 0 Å². The smallest absolute Gasteiger partial charge is 0.0616 e. The van der Waals surface area contributed by atoms with E-state index in [2.05, 4.69) is 43.4 Å². The molecule has 0 aliphatic rings. The largest absolute Gasteiger partial charge is 0.396 e. The van der Waals surface area contributed by atoms with Crippen LogP contribution in [0.5, 0.6) is 0 Å². The van der Waals surface area contributed by atoms with Crippen LogP contribution in [0.2, 0.25) is 0 Å². The van der Waals surface area contributed by atoms with Crippen molar-refractivity contribution in [3.05, 3.63) is 35.4 Å². The van der Waals surface area contributed by atoms with Gasteiger partial charge in [0.2, 0.25) is 0 Å². The fraction of sp³-hybridized carbons (Fsp3) is 0.625. The van der Waals surface area contributed by atoms with Crippen LogP contribution in [0.3, 0.4) is 0 Å². The van der Waals surface area contributed by atoms with Crippen molar-refractivity contribution in [1.29, 1.82) is 0 Å². The Kier molecular flexibility index (Phi) is 7.72. The topological polar surface area (TPSA) is 41.5 Å². The molecule has 3 nitrogen and oxygen atoms in total. The van der Waals surface area contributed by atoms with E-state index in [0.717, 1.165) is 19.4 Å². The summed E-state index contributed by atoms with van der Waals surface area (Å²) >= 11 is 0. The van der Waals surface area contributed by atoms with Gasteiger partial charge < -0.3 is 15.2 Å². The van der Waals surface area contributed by atoms with Crippen LogP contribution in [-0.2, 0) is 17.7 Å². The van der Waals surface area contributed by atoms with Gasteiger partial charge in [0.25, 0.3) is 0 Å². The second-order valence-electron chi connectivity index (χ2n) is 5.46. The minimum atomic E-state index is 0.189. The maximum absolute atomic E-state index is 8.99. The zero-order chi connectivity index (χ0) is 14.1. The molecule has 0 aromatic heterocycles. The summed E-state index contributed by atoms with van der Waals surface area (Å²) in [6, 6.07) is 8.97. The Balaban J connectivity index is 2.43. The van der Waals surface area contributed by atoms with Crippen molar-refractivity contribution in [2.75, 3.05) is 20.3 Å². The number of hydrogen-bond acceptors (Lipinski definition) is 3. The third kappa shape index (κ3) is 6.71. The summed E-state index contributed by atoms with van der Waals surface area (Å²) in [6.07, 6.45) is 1.85. The van der Waals surface area contributed by atoms with Gasteiger partial charge in [0.1, 0.15) is 0 Å². The molecule has 1 aromatic rings. The van der Waals surface area contributed by atoms with E-state index in [-0.39, 0.29) is 12.6 Å². The van der Waals surface area contributed by atoms with Crippen LogP contribution < -0.4 is 5.32 Å². The minimum Gasteiger partial charge on any atom is -0.396 e. The van der Waals surface area contributed by atoms with Gasteiger partial charge in [-0.05, 0) is 29.9 Å². The fourth-order valence-corrected chi connectivity index (χ4v) is 2.13. The summed E-state index contributed by atoms with van der Waals surface area (Å²) < 4.78 is 5.13. The third-order valence-corrected chi connectivity index (χ3v) is 3.11. The monoisotopic (exact) mass is 265 g/mol. The van der Waals surface area contributed by atoms with Crippen molar-refractivity contribution in [1.82, 2.24) is 5.32 Å². The quantitative estimate of drug-likeness (QED) is 0.720. The maximum atomic E-state index is 8.99. The molecule has 108 valence electrons. The Morgan fingerprint density at radius 3 is 2.32 bits per heavy atom. The normalized spacial score (nSPS) is 12.9. The summed E-state index contributed by atoms with van der Waals surface area (Å²) in [4.78, 5) is 0. The van der Waals surface area contributed by atoms with Gasteiger partial charge >= 0.3 is 0 Å². The van der Waals surface area contributed by atoms with Gasteiger partial charge in [0, 0.05) is 26.3 Å². The van der Waals surface area contributed by atoms with Gasteiger partial charge in [-0.2, -0.15) is 0 Å². The molecule has 1 aromatic carbocycles. The van der Waals surface area contributed by atoms with Gasteiger partial charge in [-0.15, -0.1) is 0 Å². The molecule has 19 heavy (non-hydrogen) atoms. The molecule has 0 bridgehead atoms. The molecule has 0 spiro atoms. The summed E-state index contributed by atoms with van der Waals surface area (Å²) in [5.74, 6) is 0.694. The molecule has 0 saturated heterocycles. The van der Waals surface area contributed by atoms with Crippen molar-refractivity contribution < 1.29 is 9.84 Å². The summed E-state index contributed by atoms with van der Waals surface area (Å²) in [7, 11) is 1.69. The molecule has 0 heterocycles. The number of benzene rings is 1. The highest BCUT2D eigenvalue weighted by Crippen LogP contribution is 2.10. The predicted molar refractivity (Wildman–Crippen MR) is 79.2 cm³/mol. The van der Waals surface area contributed by atoms with E-state index in [1.165, 1.54) is 11.1 Å². The molecule has 3 heteroatoms. The molecular weight excluding hydrogens is 238 g/mol. The molecule has 0 amide bonds. The standard InChI is InChI=1S/C16H27NO2/c1-13(2)10-14-4-6-15(7-5-14)11-17-16(8-9-18)12-19-3/h4-7,13,16-18H,8-12H2,1-3H3. The first-order valence-corrected chi connectivity index (χ1v) is 7.06. The number of nitrogens with one attached hydrogen (secondary N) is 1. The Morgan fingerprint density at radius 1 is 1.16 bits per heavy atom. The molecule has 0 radical (unpaired) electrons. The fourth-order valence-electron chi connectivity index (χ4n) is 2.13. The summed E-state index contributed by atoms with van der Waals surface area (Å²) in [6.45, 7) is 6.11. The Hall–Kier alpha value is -0.900. The van der Waals surface area contributed by atoms with Crippen molar-refractivity contribution in [3.63, 3.8) is 0 Å². The SMILES string of the molecule is COCC(CCO)NCc1ccc(CC(C)C)cc1. The Morgan fingerprint density at radius 2 is 1.79 bits per heavy atom. The highest BCUT2D eigenvalue weighted by molar-refractivity contribution is 5.22. The Labute approximate surface area is 117 Å². The van der Waals surface area contributed by atoms with E-state index in [9.17, 15) is 0 Å². The zero-order valence-corrected chi connectivity index (χ0v) is 12.4. The lowest BCUT2D eigenvalue weighted by Gasteiger charge is -2.17. The molecule has 0 fully saturated rings. The van der Waals surface area contributed by atoms with Crippen LogP contribution in [0.25, 0.3) is 0 Å². The Bertz CT molecular complexity index is 329. The lowest BCUT2D eigenvalue weighted by atomic mass is 10.0. The average Bonchev–Trinajstić information content (AvgIpc) is 2.37. The van der Waals surface area contributed by atoms with Crippen LogP contribution in [0, 0.1) is 5.92 Å². The second kappa shape index (κ2) is 9.08. The number of ether oxygens (including phenoxy) is 1. The first-order valence-electron chi connectivity index (χ1n) is 7.06. The lowest BCUT2D eigenvalue weighted by Crippen LogP contribution is -2.33. The van der Waals surface area contributed by atoms with E-state index in [4.69, 9.17) is 9.84 Å². The number of aliphatic hydroxyl groups excluding tert-OH is 1. The molecule has 2 N–H and O–H groups in total. The van der Waals surface area contributed by atoms with Gasteiger partial charge in [0.05, 0.1) is 6.61 Å². The molecule has 1 unspecified atom stereocenters. The van der Waals surface area contributed by atoms with E-state index in [1.54, 1.807) is 7.11 Å². The first-order chi connectivity index (χ1) is 9.15. The van der Waals surface area contributed by atoms with Crippen molar-refractivity contribution >= 4 is 0 Å². The first kappa shape index (κ1) is 16.2. The highest BCUT2D eigenvalue weighted by atomic mass is 16.5. The third-order valence-electron chi connectivity index (χ3n) is 3.11. The van der Waals surface area contributed by atoms with Crippen molar-refractivity contribution in [2.45, 2.75) is 39.3 Å². The van der Waals surface area contributed by atoms with E-state index in [0.29, 0.717) is 12.5 Å². The number of aliphatic hydroxyl groups is 1. The second-order valence-corrected chi connectivity index (χ2v) is 5.46. The van der Waals surface area contributed by atoms with Crippen molar-refractivity contribution in [2.24, 2.45) is 5.92 Å². The van der Waals surface area contributed by atoms with Crippen LogP contribution in [0.1, 0.15) is 31.4 Å². The van der Waals surface area contributed by atoms with E-state index < -0.39 is 0 Å². The minimum absolute atomic E-state index is 0.189. The number of hydrogen-bond donors (Lipinski definition) is 2. The van der Waals surface area contributed by atoms with Crippen LogP contribution in [0.15, 0.2) is 24.3 Å². The molecule has 1 rings (SSSR count). The average molecular weight is 265 g/mol. The van der Waals surface area contributed by atoms with Crippen LogP contribution >= 0.6 is 0 Å². The number of rotatable bonds is 9. The van der Waals surface area contributed by atoms with Gasteiger partial charge in [-0.3, -0.25) is 0 Å². The zero-order valence-electron chi connectivity index (χ0n) is 12.4. The predicted octanol–water partition coefficient (Wildman–Crippen LogP) is 2.37. The van der Waals surface area contributed by atoms with E-state index in [1.807, 2.05) is 0 Å².